The molecule has 0 heterocycles. The Bertz CT molecular complexity index is 415. The Kier molecular flexibility index (Phi) is 5.17. The van der Waals surface area contributed by atoms with Gasteiger partial charge in [-0.25, -0.2) is 4.79 Å². The number of carboxylic acids is 1. The van der Waals surface area contributed by atoms with E-state index in [1.165, 1.54) is 0 Å². The fraction of sp³-hybridized carbons (Fsp3) is 0.385. The maximum atomic E-state index is 11.2. The van der Waals surface area contributed by atoms with Crippen LogP contribution < -0.4 is 10.6 Å². The van der Waals surface area contributed by atoms with Crippen LogP contribution in [0.3, 0.4) is 0 Å². The zero-order valence-corrected chi connectivity index (χ0v) is 10.6. The number of carboxylic acid groups (broad SMARTS) is 1. The molecule has 3 N–H and O–H groups in total. The van der Waals surface area contributed by atoms with Crippen molar-refractivity contribution in [2.24, 2.45) is 0 Å². The number of benzene rings is 1. The molecule has 1 unspecified atom stereocenters. The molecule has 1 amide bonds. The summed E-state index contributed by atoms with van der Waals surface area (Å²) in [5, 5.41) is 14.6. The maximum Gasteiger partial charge on any atom is 0.326 e. The number of anilines is 2. The van der Waals surface area contributed by atoms with Crippen molar-refractivity contribution in [2.75, 3.05) is 10.6 Å². The van der Waals surface area contributed by atoms with Gasteiger partial charge in [0.15, 0.2) is 0 Å². The lowest BCUT2D eigenvalue weighted by Crippen LogP contribution is -2.28. The Morgan fingerprint density at radius 1 is 1.17 bits per heavy atom. The van der Waals surface area contributed by atoms with E-state index in [0.717, 1.165) is 5.69 Å². The van der Waals surface area contributed by atoms with E-state index in [1.54, 1.807) is 31.2 Å². The molecule has 0 aliphatic rings. The Balaban J connectivity index is 2.65. The number of aliphatic carboxylic acids is 1. The summed E-state index contributed by atoms with van der Waals surface area (Å²) in [5.41, 5.74) is 1.43. The Labute approximate surface area is 106 Å². The highest BCUT2D eigenvalue weighted by Gasteiger charge is 2.13. The van der Waals surface area contributed by atoms with Crippen molar-refractivity contribution < 1.29 is 14.7 Å². The predicted molar refractivity (Wildman–Crippen MR) is 70.7 cm³/mol. The SMILES string of the molecule is CCC(=O)Nc1ccc(NC(CC)C(=O)O)cc1. The van der Waals surface area contributed by atoms with Crippen LogP contribution in [0.25, 0.3) is 0 Å². The molecule has 5 heteroatoms. The van der Waals surface area contributed by atoms with Crippen LogP contribution in [0.2, 0.25) is 0 Å². The zero-order chi connectivity index (χ0) is 13.5. The predicted octanol–water partition coefficient (Wildman–Crippen LogP) is 2.31. The van der Waals surface area contributed by atoms with Crippen molar-refractivity contribution in [1.29, 1.82) is 0 Å². The topological polar surface area (TPSA) is 78.4 Å². The summed E-state index contributed by atoms with van der Waals surface area (Å²) in [4.78, 5) is 22.0. The monoisotopic (exact) mass is 250 g/mol. The molecule has 0 aliphatic heterocycles. The fourth-order valence-electron chi connectivity index (χ4n) is 1.44. The molecular formula is C13H18N2O3. The van der Waals surface area contributed by atoms with Gasteiger partial charge < -0.3 is 15.7 Å². The first kappa shape index (κ1) is 14.0. The van der Waals surface area contributed by atoms with E-state index in [9.17, 15) is 9.59 Å². The van der Waals surface area contributed by atoms with Crippen LogP contribution in [0.1, 0.15) is 26.7 Å². The van der Waals surface area contributed by atoms with E-state index < -0.39 is 12.0 Å². The van der Waals surface area contributed by atoms with Gasteiger partial charge in [-0.3, -0.25) is 4.79 Å². The lowest BCUT2D eigenvalue weighted by atomic mass is 10.2. The average molecular weight is 250 g/mol. The number of nitrogens with one attached hydrogen (secondary N) is 2. The first-order valence-corrected chi connectivity index (χ1v) is 5.96. The van der Waals surface area contributed by atoms with Crippen molar-refractivity contribution >= 4 is 23.3 Å². The van der Waals surface area contributed by atoms with Crippen molar-refractivity contribution in [1.82, 2.24) is 0 Å². The third kappa shape index (κ3) is 4.08. The summed E-state index contributed by atoms with van der Waals surface area (Å²) in [7, 11) is 0. The fourth-order valence-corrected chi connectivity index (χ4v) is 1.44. The molecule has 0 radical (unpaired) electrons. The molecule has 1 rings (SSSR count). The highest BCUT2D eigenvalue weighted by molar-refractivity contribution is 5.90. The van der Waals surface area contributed by atoms with E-state index in [4.69, 9.17) is 5.11 Å². The molecule has 98 valence electrons. The molecule has 0 saturated carbocycles. The molecule has 0 fully saturated rings. The van der Waals surface area contributed by atoms with Crippen molar-refractivity contribution in [2.45, 2.75) is 32.7 Å². The summed E-state index contributed by atoms with van der Waals surface area (Å²) in [6.45, 7) is 3.59. The minimum atomic E-state index is -0.874. The lowest BCUT2D eigenvalue weighted by molar-refractivity contribution is -0.138. The van der Waals surface area contributed by atoms with Gasteiger partial charge >= 0.3 is 5.97 Å². The van der Waals surface area contributed by atoms with Crippen LogP contribution in [0.5, 0.6) is 0 Å². The van der Waals surface area contributed by atoms with Gasteiger partial charge in [0.1, 0.15) is 6.04 Å². The summed E-state index contributed by atoms with van der Waals surface area (Å²) < 4.78 is 0. The van der Waals surface area contributed by atoms with Gasteiger partial charge in [-0.05, 0) is 30.7 Å². The van der Waals surface area contributed by atoms with Crippen molar-refractivity contribution in [3.05, 3.63) is 24.3 Å². The van der Waals surface area contributed by atoms with Gasteiger partial charge in [0.05, 0.1) is 0 Å². The van der Waals surface area contributed by atoms with Gasteiger partial charge in [-0.2, -0.15) is 0 Å². The Morgan fingerprint density at radius 2 is 1.72 bits per heavy atom. The van der Waals surface area contributed by atoms with Crippen molar-refractivity contribution in [3.8, 4) is 0 Å². The number of rotatable bonds is 6. The van der Waals surface area contributed by atoms with Gasteiger partial charge in [-0.1, -0.05) is 13.8 Å². The molecule has 18 heavy (non-hydrogen) atoms. The van der Waals surface area contributed by atoms with E-state index in [2.05, 4.69) is 10.6 Å². The van der Waals surface area contributed by atoms with Gasteiger partial charge in [0, 0.05) is 17.8 Å². The van der Waals surface area contributed by atoms with Crippen LogP contribution in [-0.4, -0.2) is 23.0 Å². The highest BCUT2D eigenvalue weighted by atomic mass is 16.4. The summed E-state index contributed by atoms with van der Waals surface area (Å²) in [5.74, 6) is -0.923. The molecule has 0 saturated heterocycles. The van der Waals surface area contributed by atoms with Gasteiger partial charge in [0.2, 0.25) is 5.91 Å². The van der Waals surface area contributed by atoms with Crippen LogP contribution in [0.4, 0.5) is 11.4 Å². The number of hydrogen-bond donors (Lipinski definition) is 3. The van der Waals surface area contributed by atoms with E-state index in [-0.39, 0.29) is 5.91 Å². The largest absolute Gasteiger partial charge is 0.480 e. The van der Waals surface area contributed by atoms with Crippen LogP contribution in [0, 0.1) is 0 Å². The molecular weight excluding hydrogens is 232 g/mol. The van der Waals surface area contributed by atoms with E-state index in [0.29, 0.717) is 18.5 Å². The third-order valence-corrected chi connectivity index (χ3v) is 2.54. The highest BCUT2D eigenvalue weighted by Crippen LogP contribution is 2.15. The first-order chi connectivity index (χ1) is 8.56. The molecule has 0 bridgehead atoms. The molecule has 1 aromatic carbocycles. The van der Waals surface area contributed by atoms with E-state index >= 15 is 0 Å². The quantitative estimate of drug-likeness (QED) is 0.724. The number of hydrogen-bond acceptors (Lipinski definition) is 3. The minimum Gasteiger partial charge on any atom is -0.480 e. The lowest BCUT2D eigenvalue weighted by Gasteiger charge is -2.14. The Morgan fingerprint density at radius 3 is 2.17 bits per heavy atom. The van der Waals surface area contributed by atoms with Crippen molar-refractivity contribution in [3.63, 3.8) is 0 Å². The number of carbonyl (C=O) groups is 2. The van der Waals surface area contributed by atoms with Crippen LogP contribution in [-0.2, 0) is 9.59 Å². The standard InChI is InChI=1S/C13H18N2O3/c1-3-11(13(17)18)14-9-5-7-10(8-6-9)15-12(16)4-2/h5-8,11,14H,3-4H2,1-2H3,(H,15,16)(H,17,18). The van der Waals surface area contributed by atoms with E-state index in [1.807, 2.05) is 6.92 Å². The molecule has 0 spiro atoms. The number of carbonyl (C=O) groups excluding carboxylic acids is 1. The third-order valence-electron chi connectivity index (χ3n) is 2.54. The van der Waals surface area contributed by atoms with Crippen LogP contribution in [0.15, 0.2) is 24.3 Å². The smallest absolute Gasteiger partial charge is 0.326 e. The molecule has 1 aromatic rings. The summed E-state index contributed by atoms with van der Waals surface area (Å²) in [6, 6.07) is 6.38. The first-order valence-electron chi connectivity index (χ1n) is 5.96. The molecule has 0 aliphatic carbocycles. The molecule has 5 nitrogen and oxygen atoms in total. The molecule has 0 aromatic heterocycles. The Hall–Kier alpha value is -2.04. The van der Waals surface area contributed by atoms with Gasteiger partial charge in [0.25, 0.3) is 0 Å². The zero-order valence-electron chi connectivity index (χ0n) is 10.6. The van der Waals surface area contributed by atoms with Crippen LogP contribution >= 0.6 is 0 Å². The normalized spacial score (nSPS) is 11.7. The summed E-state index contributed by atoms with van der Waals surface area (Å²) in [6.07, 6.45) is 0.931. The second kappa shape index (κ2) is 6.64. The van der Waals surface area contributed by atoms with Gasteiger partial charge in [-0.15, -0.1) is 0 Å². The minimum absolute atomic E-state index is 0.0484. The summed E-state index contributed by atoms with van der Waals surface area (Å²) >= 11 is 0. The number of amides is 1. The second-order valence-electron chi connectivity index (χ2n) is 3.92. The molecule has 1 atom stereocenters. The maximum absolute atomic E-state index is 11.2. The second-order valence-corrected chi connectivity index (χ2v) is 3.92. The average Bonchev–Trinajstić information content (AvgIpc) is 2.37.